The summed E-state index contributed by atoms with van der Waals surface area (Å²) in [5.74, 6) is 0. The molecule has 84 valence electrons. The number of morpholine rings is 1. The molecule has 1 rings (SSSR count). The van der Waals surface area contributed by atoms with Crippen molar-refractivity contribution in [1.29, 1.82) is 0 Å². The van der Waals surface area contributed by atoms with Crippen molar-refractivity contribution in [3.8, 4) is 0 Å². The van der Waals surface area contributed by atoms with Gasteiger partial charge in [0.05, 0.1) is 13.2 Å². The van der Waals surface area contributed by atoms with E-state index in [1.54, 1.807) is 0 Å². The predicted molar refractivity (Wildman–Crippen MR) is 57.4 cm³/mol. The molecule has 0 bridgehead atoms. The predicted octanol–water partition coefficient (Wildman–Crippen LogP) is 1.12. The van der Waals surface area contributed by atoms with Crippen molar-refractivity contribution in [2.45, 2.75) is 26.7 Å². The molecule has 1 fully saturated rings. The Morgan fingerprint density at radius 3 is 2.50 bits per heavy atom. The molecule has 0 aromatic rings. The minimum Gasteiger partial charge on any atom is -0.396 e. The molecule has 1 saturated heterocycles. The van der Waals surface area contributed by atoms with Crippen LogP contribution in [-0.4, -0.2) is 49.5 Å². The highest BCUT2D eigenvalue weighted by Crippen LogP contribution is 2.21. The zero-order chi connectivity index (χ0) is 10.4. The molecule has 0 atom stereocenters. The third kappa shape index (κ3) is 4.40. The summed E-state index contributed by atoms with van der Waals surface area (Å²) in [7, 11) is 0. The van der Waals surface area contributed by atoms with E-state index in [0.29, 0.717) is 0 Å². The molecule has 3 heteroatoms. The first-order chi connectivity index (χ1) is 6.64. The van der Waals surface area contributed by atoms with Crippen LogP contribution in [0.15, 0.2) is 0 Å². The summed E-state index contributed by atoms with van der Waals surface area (Å²) in [5.41, 5.74) is 0.0896. The van der Waals surface area contributed by atoms with E-state index in [1.807, 2.05) is 0 Å². The molecule has 14 heavy (non-hydrogen) atoms. The summed E-state index contributed by atoms with van der Waals surface area (Å²) in [5, 5.41) is 9.10. The van der Waals surface area contributed by atoms with Crippen molar-refractivity contribution < 1.29 is 9.84 Å². The van der Waals surface area contributed by atoms with Crippen LogP contribution < -0.4 is 0 Å². The minimum absolute atomic E-state index is 0.0896. The molecule has 1 aliphatic heterocycles. The summed E-state index contributed by atoms with van der Waals surface area (Å²) in [6.07, 6.45) is 2.27. The molecule has 0 radical (unpaired) electrons. The van der Waals surface area contributed by atoms with Gasteiger partial charge in [-0.1, -0.05) is 13.8 Å². The van der Waals surface area contributed by atoms with Crippen LogP contribution in [0.4, 0.5) is 0 Å². The second kappa shape index (κ2) is 5.69. The molecule has 1 N–H and O–H groups in total. The second-order valence-corrected chi connectivity index (χ2v) is 4.88. The lowest BCUT2D eigenvalue weighted by Gasteiger charge is -2.28. The first-order valence-electron chi connectivity index (χ1n) is 5.55. The molecule has 1 aliphatic rings. The zero-order valence-corrected chi connectivity index (χ0v) is 9.46. The topological polar surface area (TPSA) is 32.7 Å². The van der Waals surface area contributed by atoms with Gasteiger partial charge in [-0.15, -0.1) is 0 Å². The molecular formula is C11H23NO2. The summed E-state index contributed by atoms with van der Waals surface area (Å²) >= 11 is 0. The van der Waals surface area contributed by atoms with Gasteiger partial charge in [-0.3, -0.25) is 4.90 Å². The molecular weight excluding hydrogens is 178 g/mol. The van der Waals surface area contributed by atoms with Gasteiger partial charge in [0.25, 0.3) is 0 Å². The Morgan fingerprint density at radius 1 is 1.29 bits per heavy atom. The van der Waals surface area contributed by atoms with Crippen molar-refractivity contribution in [2.24, 2.45) is 5.41 Å². The zero-order valence-electron chi connectivity index (χ0n) is 9.46. The number of aliphatic hydroxyl groups is 1. The van der Waals surface area contributed by atoms with E-state index in [4.69, 9.17) is 9.84 Å². The van der Waals surface area contributed by atoms with Gasteiger partial charge in [-0.05, 0) is 24.8 Å². The number of ether oxygens (including phenoxy) is 1. The van der Waals surface area contributed by atoms with Crippen molar-refractivity contribution in [1.82, 2.24) is 4.90 Å². The highest BCUT2D eigenvalue weighted by Gasteiger charge is 2.17. The van der Waals surface area contributed by atoms with Gasteiger partial charge in [0.15, 0.2) is 0 Å². The highest BCUT2D eigenvalue weighted by molar-refractivity contribution is 4.69. The molecule has 0 aromatic carbocycles. The minimum atomic E-state index is 0.0896. The largest absolute Gasteiger partial charge is 0.396 e. The summed E-state index contributed by atoms with van der Waals surface area (Å²) in [6.45, 7) is 9.56. The van der Waals surface area contributed by atoms with E-state index in [-0.39, 0.29) is 12.0 Å². The average Bonchev–Trinajstić information content (AvgIpc) is 2.19. The van der Waals surface area contributed by atoms with Crippen LogP contribution in [0.2, 0.25) is 0 Å². The molecule has 0 aromatic heterocycles. The lowest BCUT2D eigenvalue weighted by atomic mass is 9.89. The third-order valence-electron chi connectivity index (χ3n) is 2.86. The molecule has 1 heterocycles. The fourth-order valence-electron chi connectivity index (χ4n) is 1.69. The van der Waals surface area contributed by atoms with Crippen LogP contribution in [0, 0.1) is 5.41 Å². The van der Waals surface area contributed by atoms with Crippen molar-refractivity contribution in [2.75, 3.05) is 39.5 Å². The second-order valence-electron chi connectivity index (χ2n) is 4.88. The van der Waals surface area contributed by atoms with Gasteiger partial charge in [0.1, 0.15) is 0 Å². The Morgan fingerprint density at radius 2 is 1.93 bits per heavy atom. The Kier molecular flexibility index (Phi) is 4.85. The Hall–Kier alpha value is -0.120. The SMILES string of the molecule is CC(C)(CO)CCCN1CCOCC1. The first-order valence-corrected chi connectivity index (χ1v) is 5.55. The lowest BCUT2D eigenvalue weighted by molar-refractivity contribution is 0.0348. The Labute approximate surface area is 87.1 Å². The van der Waals surface area contributed by atoms with Crippen molar-refractivity contribution in [3.63, 3.8) is 0 Å². The number of hydrogen-bond acceptors (Lipinski definition) is 3. The Balaban J connectivity index is 2.08. The highest BCUT2D eigenvalue weighted by atomic mass is 16.5. The average molecular weight is 201 g/mol. The van der Waals surface area contributed by atoms with E-state index in [1.165, 1.54) is 6.42 Å². The standard InChI is InChI=1S/C11H23NO2/c1-11(2,10-13)4-3-5-12-6-8-14-9-7-12/h13H,3-10H2,1-2H3. The van der Waals surface area contributed by atoms with Crippen molar-refractivity contribution >= 4 is 0 Å². The number of aliphatic hydroxyl groups excluding tert-OH is 1. The smallest absolute Gasteiger partial charge is 0.0594 e. The van der Waals surface area contributed by atoms with Gasteiger partial charge in [-0.25, -0.2) is 0 Å². The van der Waals surface area contributed by atoms with E-state index in [0.717, 1.165) is 39.3 Å². The maximum atomic E-state index is 9.10. The van der Waals surface area contributed by atoms with E-state index >= 15 is 0 Å². The van der Waals surface area contributed by atoms with Gasteiger partial charge in [0, 0.05) is 19.7 Å². The van der Waals surface area contributed by atoms with Gasteiger partial charge in [0.2, 0.25) is 0 Å². The first kappa shape index (κ1) is 12.0. The van der Waals surface area contributed by atoms with Gasteiger partial charge < -0.3 is 9.84 Å². The molecule has 3 nitrogen and oxygen atoms in total. The van der Waals surface area contributed by atoms with Crippen LogP contribution in [0.1, 0.15) is 26.7 Å². The maximum Gasteiger partial charge on any atom is 0.0594 e. The fourth-order valence-corrected chi connectivity index (χ4v) is 1.69. The van der Waals surface area contributed by atoms with Crippen molar-refractivity contribution in [3.05, 3.63) is 0 Å². The molecule has 0 saturated carbocycles. The van der Waals surface area contributed by atoms with Crippen LogP contribution in [0.25, 0.3) is 0 Å². The van der Waals surface area contributed by atoms with Crippen LogP contribution in [-0.2, 0) is 4.74 Å². The molecule has 0 unspecified atom stereocenters. The van der Waals surface area contributed by atoms with Crippen LogP contribution >= 0.6 is 0 Å². The summed E-state index contributed by atoms with van der Waals surface area (Å²) in [6, 6.07) is 0. The molecule has 0 aliphatic carbocycles. The lowest BCUT2D eigenvalue weighted by Crippen LogP contribution is -2.37. The number of rotatable bonds is 5. The van der Waals surface area contributed by atoms with Crippen LogP contribution in [0.3, 0.4) is 0 Å². The van der Waals surface area contributed by atoms with Gasteiger partial charge >= 0.3 is 0 Å². The number of nitrogens with zero attached hydrogens (tertiary/aromatic N) is 1. The maximum absolute atomic E-state index is 9.10. The Bertz CT molecular complexity index is 153. The third-order valence-corrected chi connectivity index (χ3v) is 2.86. The van der Waals surface area contributed by atoms with E-state index in [9.17, 15) is 0 Å². The monoisotopic (exact) mass is 201 g/mol. The normalized spacial score (nSPS) is 19.9. The fraction of sp³-hybridized carbons (Fsp3) is 1.00. The van der Waals surface area contributed by atoms with Gasteiger partial charge in [-0.2, -0.15) is 0 Å². The summed E-state index contributed by atoms with van der Waals surface area (Å²) < 4.78 is 5.29. The van der Waals surface area contributed by atoms with E-state index in [2.05, 4.69) is 18.7 Å². The molecule has 0 amide bonds. The quantitative estimate of drug-likeness (QED) is 0.723. The molecule has 0 spiro atoms. The van der Waals surface area contributed by atoms with E-state index < -0.39 is 0 Å². The number of hydrogen-bond donors (Lipinski definition) is 1. The van der Waals surface area contributed by atoms with Crippen LogP contribution in [0.5, 0.6) is 0 Å². The summed E-state index contributed by atoms with van der Waals surface area (Å²) in [4.78, 5) is 2.44.